The van der Waals surface area contributed by atoms with Crippen molar-refractivity contribution in [3.05, 3.63) is 11.1 Å². The molecule has 2 amide bonds. The maximum atomic E-state index is 11.4. The summed E-state index contributed by atoms with van der Waals surface area (Å²) in [6.07, 6.45) is 4.58. The van der Waals surface area contributed by atoms with Gasteiger partial charge in [0.25, 0.3) is 0 Å². The third-order valence-electron chi connectivity index (χ3n) is 2.55. The van der Waals surface area contributed by atoms with Gasteiger partial charge in [0.2, 0.25) is 0 Å². The Bertz CT molecular complexity index is 360. The summed E-state index contributed by atoms with van der Waals surface area (Å²) in [5.41, 5.74) is 1.13. The molecule has 88 valence electrons. The van der Waals surface area contributed by atoms with Crippen molar-refractivity contribution in [1.29, 1.82) is 0 Å². The first-order valence-corrected chi connectivity index (χ1v) is 6.68. The molecule has 1 fully saturated rings. The molecular formula is C11H17N3OS. The third kappa shape index (κ3) is 3.20. The van der Waals surface area contributed by atoms with Crippen LogP contribution in [0, 0.1) is 0 Å². The first-order chi connectivity index (χ1) is 7.79. The summed E-state index contributed by atoms with van der Waals surface area (Å²) in [6, 6.07) is -0.148. The highest BCUT2D eigenvalue weighted by molar-refractivity contribution is 7.13. The van der Waals surface area contributed by atoms with E-state index in [2.05, 4.69) is 22.5 Å². The van der Waals surface area contributed by atoms with Gasteiger partial charge in [0.15, 0.2) is 5.13 Å². The van der Waals surface area contributed by atoms with Crippen LogP contribution >= 0.6 is 11.3 Å². The standard InChI is InChI=1S/C11H17N3OS/c1-2-3-6-12-10(15)14-11-13-9(7-16-11)8-4-5-8/h7-8H,2-6H2,1H3,(H2,12,13,14,15). The molecule has 1 heterocycles. The zero-order valence-electron chi connectivity index (χ0n) is 9.45. The molecule has 1 aromatic heterocycles. The summed E-state index contributed by atoms with van der Waals surface area (Å²) < 4.78 is 0. The predicted octanol–water partition coefficient (Wildman–Crippen LogP) is 2.94. The van der Waals surface area contributed by atoms with Crippen molar-refractivity contribution in [2.75, 3.05) is 11.9 Å². The Hall–Kier alpha value is -1.10. The van der Waals surface area contributed by atoms with Crippen molar-refractivity contribution in [3.8, 4) is 0 Å². The van der Waals surface area contributed by atoms with Gasteiger partial charge in [0, 0.05) is 17.8 Å². The van der Waals surface area contributed by atoms with Crippen LogP contribution in [-0.4, -0.2) is 17.6 Å². The molecule has 0 unspecified atom stereocenters. The van der Waals surface area contributed by atoms with Crippen molar-refractivity contribution in [2.24, 2.45) is 0 Å². The average Bonchev–Trinajstić information content (AvgIpc) is 3.01. The molecule has 0 atom stereocenters. The van der Waals surface area contributed by atoms with Gasteiger partial charge in [-0.05, 0) is 19.3 Å². The summed E-state index contributed by atoms with van der Waals surface area (Å²) in [5.74, 6) is 0.648. The summed E-state index contributed by atoms with van der Waals surface area (Å²) in [4.78, 5) is 15.8. The minimum atomic E-state index is -0.148. The zero-order valence-corrected chi connectivity index (χ0v) is 10.3. The van der Waals surface area contributed by atoms with Gasteiger partial charge in [-0.1, -0.05) is 13.3 Å². The normalized spacial score (nSPS) is 14.8. The van der Waals surface area contributed by atoms with Crippen molar-refractivity contribution >= 4 is 22.5 Å². The lowest BCUT2D eigenvalue weighted by Crippen LogP contribution is -2.29. The molecule has 0 bridgehead atoms. The smallest absolute Gasteiger partial charge is 0.321 e. The molecule has 0 spiro atoms. The molecule has 2 rings (SSSR count). The molecule has 5 heteroatoms. The molecule has 0 radical (unpaired) electrons. The summed E-state index contributed by atoms with van der Waals surface area (Å²) in [5, 5.41) is 8.31. The number of nitrogens with one attached hydrogen (secondary N) is 2. The van der Waals surface area contributed by atoms with Crippen LogP contribution in [0.15, 0.2) is 5.38 Å². The van der Waals surface area contributed by atoms with Crippen LogP contribution in [0.3, 0.4) is 0 Å². The highest BCUT2D eigenvalue weighted by Gasteiger charge is 2.26. The molecule has 1 saturated carbocycles. The fourth-order valence-electron chi connectivity index (χ4n) is 1.43. The van der Waals surface area contributed by atoms with Crippen LogP contribution < -0.4 is 10.6 Å². The van der Waals surface area contributed by atoms with Gasteiger partial charge < -0.3 is 5.32 Å². The van der Waals surface area contributed by atoms with Crippen LogP contribution in [0.5, 0.6) is 0 Å². The number of hydrogen-bond acceptors (Lipinski definition) is 3. The van der Waals surface area contributed by atoms with Gasteiger partial charge in [0.05, 0.1) is 5.69 Å². The number of urea groups is 1. The highest BCUT2D eigenvalue weighted by Crippen LogP contribution is 2.40. The number of rotatable bonds is 5. The lowest BCUT2D eigenvalue weighted by atomic mass is 10.3. The van der Waals surface area contributed by atoms with Crippen molar-refractivity contribution in [2.45, 2.75) is 38.5 Å². The van der Waals surface area contributed by atoms with Gasteiger partial charge in [-0.3, -0.25) is 5.32 Å². The monoisotopic (exact) mass is 239 g/mol. The van der Waals surface area contributed by atoms with E-state index in [1.165, 1.54) is 24.2 Å². The minimum absolute atomic E-state index is 0.148. The van der Waals surface area contributed by atoms with Gasteiger partial charge in [0.1, 0.15) is 0 Å². The molecule has 0 aliphatic heterocycles. The second kappa shape index (κ2) is 5.30. The number of nitrogens with zero attached hydrogens (tertiary/aromatic N) is 1. The second-order valence-corrected chi connectivity index (χ2v) is 4.94. The van der Waals surface area contributed by atoms with E-state index in [0.29, 0.717) is 11.0 Å². The van der Waals surface area contributed by atoms with Crippen molar-refractivity contribution in [3.63, 3.8) is 0 Å². The highest BCUT2D eigenvalue weighted by atomic mass is 32.1. The Morgan fingerprint density at radius 3 is 3.12 bits per heavy atom. The Balaban J connectivity index is 1.76. The van der Waals surface area contributed by atoms with E-state index in [1.807, 2.05) is 5.38 Å². The fourth-order valence-corrected chi connectivity index (χ4v) is 2.22. The largest absolute Gasteiger partial charge is 0.338 e. The van der Waals surface area contributed by atoms with E-state index in [0.717, 1.165) is 25.1 Å². The lowest BCUT2D eigenvalue weighted by molar-refractivity contribution is 0.252. The Kier molecular flexibility index (Phi) is 3.77. The number of anilines is 1. The summed E-state index contributed by atoms with van der Waals surface area (Å²) >= 11 is 1.50. The van der Waals surface area contributed by atoms with Crippen LogP contribution in [0.2, 0.25) is 0 Å². The van der Waals surface area contributed by atoms with Crippen LogP contribution in [0.1, 0.15) is 44.2 Å². The quantitative estimate of drug-likeness (QED) is 0.776. The van der Waals surface area contributed by atoms with Gasteiger partial charge >= 0.3 is 6.03 Å². The number of amides is 2. The van der Waals surface area contributed by atoms with E-state index in [4.69, 9.17) is 0 Å². The zero-order chi connectivity index (χ0) is 11.4. The Labute approximate surface area is 99.5 Å². The van der Waals surface area contributed by atoms with Gasteiger partial charge in [-0.15, -0.1) is 11.3 Å². The predicted molar refractivity (Wildman–Crippen MR) is 66.0 cm³/mol. The minimum Gasteiger partial charge on any atom is -0.338 e. The third-order valence-corrected chi connectivity index (χ3v) is 3.33. The molecular weight excluding hydrogens is 222 g/mol. The van der Waals surface area contributed by atoms with E-state index in [9.17, 15) is 4.79 Å². The molecule has 1 aliphatic carbocycles. The number of carbonyl (C=O) groups is 1. The van der Waals surface area contributed by atoms with E-state index in [-0.39, 0.29) is 6.03 Å². The number of hydrogen-bond donors (Lipinski definition) is 2. The molecule has 16 heavy (non-hydrogen) atoms. The topological polar surface area (TPSA) is 54.0 Å². The SMILES string of the molecule is CCCCNC(=O)Nc1nc(C2CC2)cs1. The van der Waals surface area contributed by atoms with Crippen LogP contribution in [-0.2, 0) is 0 Å². The number of unbranched alkanes of at least 4 members (excludes halogenated alkanes) is 1. The molecule has 1 aliphatic rings. The van der Waals surface area contributed by atoms with Crippen LogP contribution in [0.4, 0.5) is 9.93 Å². The Morgan fingerprint density at radius 1 is 1.62 bits per heavy atom. The number of thiazole rings is 1. The van der Waals surface area contributed by atoms with Gasteiger partial charge in [-0.25, -0.2) is 9.78 Å². The molecule has 4 nitrogen and oxygen atoms in total. The fraction of sp³-hybridized carbons (Fsp3) is 0.636. The van der Waals surface area contributed by atoms with Crippen molar-refractivity contribution < 1.29 is 4.79 Å². The first kappa shape index (κ1) is 11.4. The van der Waals surface area contributed by atoms with Crippen LogP contribution in [0.25, 0.3) is 0 Å². The second-order valence-electron chi connectivity index (χ2n) is 4.09. The van der Waals surface area contributed by atoms with E-state index < -0.39 is 0 Å². The molecule has 1 aromatic rings. The van der Waals surface area contributed by atoms with Crippen molar-refractivity contribution in [1.82, 2.24) is 10.3 Å². The van der Waals surface area contributed by atoms with E-state index in [1.54, 1.807) is 0 Å². The number of carbonyl (C=O) groups excluding carboxylic acids is 1. The van der Waals surface area contributed by atoms with E-state index >= 15 is 0 Å². The summed E-state index contributed by atoms with van der Waals surface area (Å²) in [6.45, 7) is 2.82. The molecule has 2 N–H and O–H groups in total. The molecule has 0 aromatic carbocycles. The Morgan fingerprint density at radius 2 is 2.44 bits per heavy atom. The molecule has 0 saturated heterocycles. The maximum Gasteiger partial charge on any atom is 0.321 e. The average molecular weight is 239 g/mol. The lowest BCUT2D eigenvalue weighted by Gasteiger charge is -2.03. The maximum absolute atomic E-state index is 11.4. The summed E-state index contributed by atoms with van der Waals surface area (Å²) in [7, 11) is 0. The number of aromatic nitrogens is 1. The first-order valence-electron chi connectivity index (χ1n) is 5.80. The van der Waals surface area contributed by atoms with Gasteiger partial charge in [-0.2, -0.15) is 0 Å².